The van der Waals surface area contributed by atoms with Gasteiger partial charge in [0.05, 0.1) is 24.2 Å². The van der Waals surface area contributed by atoms with Gasteiger partial charge in [0.15, 0.2) is 0 Å². The fourth-order valence-electron chi connectivity index (χ4n) is 2.49. The Bertz CT molecular complexity index is 539. The molecule has 0 aliphatic heterocycles. The van der Waals surface area contributed by atoms with E-state index in [4.69, 9.17) is 4.42 Å². The van der Waals surface area contributed by atoms with Gasteiger partial charge in [-0.05, 0) is 30.5 Å². The molecule has 112 valence electrons. The van der Waals surface area contributed by atoms with Crippen molar-refractivity contribution in [3.05, 3.63) is 60.1 Å². The molecule has 0 radical (unpaired) electrons. The first-order valence-corrected chi connectivity index (χ1v) is 8.52. The molecule has 2 aromatic rings. The van der Waals surface area contributed by atoms with Crippen LogP contribution in [0, 0.1) is 0 Å². The highest BCUT2D eigenvalue weighted by molar-refractivity contribution is 7.98. The molecule has 0 amide bonds. The third-order valence-electron chi connectivity index (χ3n) is 3.83. The number of aliphatic hydroxyl groups is 1. The van der Waals surface area contributed by atoms with Crippen molar-refractivity contribution in [1.29, 1.82) is 0 Å². The molecule has 3 rings (SSSR count). The van der Waals surface area contributed by atoms with E-state index in [1.54, 1.807) is 18.0 Å². The topological polar surface area (TPSA) is 45.4 Å². The van der Waals surface area contributed by atoms with E-state index >= 15 is 0 Å². The minimum atomic E-state index is -0.361. The Kier molecular flexibility index (Phi) is 4.68. The number of benzene rings is 1. The van der Waals surface area contributed by atoms with Crippen LogP contribution in [-0.2, 0) is 11.3 Å². The van der Waals surface area contributed by atoms with Gasteiger partial charge in [0.1, 0.15) is 5.76 Å². The molecule has 1 atom stereocenters. The summed E-state index contributed by atoms with van der Waals surface area (Å²) in [6.07, 6.45) is 4.11. The van der Waals surface area contributed by atoms with Gasteiger partial charge in [-0.15, -0.1) is 0 Å². The highest BCUT2D eigenvalue weighted by atomic mass is 32.2. The van der Waals surface area contributed by atoms with E-state index in [0.717, 1.165) is 22.8 Å². The van der Waals surface area contributed by atoms with Crippen LogP contribution in [0.2, 0.25) is 0 Å². The van der Waals surface area contributed by atoms with Crippen LogP contribution in [0.15, 0.2) is 53.1 Å². The fraction of sp³-hybridized carbons (Fsp3) is 0.412. The number of thioether (sulfide) groups is 1. The molecule has 1 saturated carbocycles. The third-order valence-corrected chi connectivity index (χ3v) is 5.01. The van der Waals surface area contributed by atoms with Crippen molar-refractivity contribution in [2.45, 2.75) is 30.2 Å². The first kappa shape index (κ1) is 14.7. The minimum Gasteiger partial charge on any atom is -0.468 e. The quantitative estimate of drug-likeness (QED) is 0.786. The molecule has 3 nitrogen and oxygen atoms in total. The van der Waals surface area contributed by atoms with Crippen LogP contribution in [0.1, 0.15) is 24.2 Å². The van der Waals surface area contributed by atoms with E-state index in [1.165, 1.54) is 12.8 Å². The van der Waals surface area contributed by atoms with E-state index in [1.807, 2.05) is 30.3 Å². The van der Waals surface area contributed by atoms with Gasteiger partial charge in [-0.3, -0.25) is 0 Å². The average Bonchev–Trinajstić information content (AvgIpc) is 3.19. The Balaban J connectivity index is 1.71. The molecule has 0 spiro atoms. The lowest BCUT2D eigenvalue weighted by molar-refractivity contribution is 0.177. The van der Waals surface area contributed by atoms with Crippen molar-refractivity contribution in [3.8, 4) is 0 Å². The first-order valence-electron chi connectivity index (χ1n) is 7.37. The van der Waals surface area contributed by atoms with Crippen molar-refractivity contribution in [2.75, 3.05) is 12.4 Å². The molecule has 1 aliphatic rings. The lowest BCUT2D eigenvalue weighted by atomic mass is 9.92. The maximum Gasteiger partial charge on any atom is 0.113 e. The van der Waals surface area contributed by atoms with E-state index in [9.17, 15) is 5.11 Å². The summed E-state index contributed by atoms with van der Waals surface area (Å²) < 4.78 is 5.38. The van der Waals surface area contributed by atoms with Crippen LogP contribution >= 0.6 is 11.8 Å². The van der Waals surface area contributed by atoms with Crippen LogP contribution in [0.3, 0.4) is 0 Å². The van der Waals surface area contributed by atoms with Crippen LogP contribution in [0.5, 0.6) is 0 Å². The largest absolute Gasteiger partial charge is 0.468 e. The zero-order valence-corrected chi connectivity index (χ0v) is 12.8. The highest BCUT2D eigenvalue weighted by Crippen LogP contribution is 2.32. The summed E-state index contributed by atoms with van der Waals surface area (Å²) in [6, 6.07) is 14.7. The molecule has 2 N–H and O–H groups in total. The van der Waals surface area contributed by atoms with Gasteiger partial charge < -0.3 is 14.8 Å². The lowest BCUT2D eigenvalue weighted by Gasteiger charge is -2.33. The Morgan fingerprint density at radius 2 is 2.00 bits per heavy atom. The summed E-state index contributed by atoms with van der Waals surface area (Å²) in [6.45, 7) is 0.110. The van der Waals surface area contributed by atoms with Crippen molar-refractivity contribution < 1.29 is 9.52 Å². The summed E-state index contributed by atoms with van der Waals surface area (Å²) in [4.78, 5) is 0. The Morgan fingerprint density at radius 3 is 2.62 bits per heavy atom. The van der Waals surface area contributed by atoms with Gasteiger partial charge in [-0.25, -0.2) is 0 Å². The Hall–Kier alpha value is -1.23. The van der Waals surface area contributed by atoms with Crippen molar-refractivity contribution in [3.63, 3.8) is 0 Å². The standard InChI is InChI=1S/C17H21NO2S/c19-12-17(18-15-8-9-15,14-5-2-1-3-6-14)13-21-11-16-7-4-10-20-16/h1-7,10,15,18-19H,8-9,11-13H2. The molecule has 0 bridgehead atoms. The average molecular weight is 303 g/mol. The monoisotopic (exact) mass is 303 g/mol. The van der Waals surface area contributed by atoms with Crippen molar-refractivity contribution in [1.82, 2.24) is 5.32 Å². The Morgan fingerprint density at radius 1 is 1.19 bits per heavy atom. The van der Waals surface area contributed by atoms with Crippen molar-refractivity contribution >= 4 is 11.8 Å². The zero-order chi connectivity index (χ0) is 14.5. The number of rotatable bonds is 8. The predicted molar refractivity (Wildman–Crippen MR) is 86.2 cm³/mol. The molecule has 4 heteroatoms. The van der Waals surface area contributed by atoms with Crippen LogP contribution in [0.25, 0.3) is 0 Å². The summed E-state index contributed by atoms with van der Waals surface area (Å²) >= 11 is 1.79. The minimum absolute atomic E-state index is 0.110. The van der Waals surface area contributed by atoms with Gasteiger partial charge in [-0.1, -0.05) is 30.3 Å². The number of hydrogen-bond donors (Lipinski definition) is 2. The maximum absolute atomic E-state index is 10.1. The van der Waals surface area contributed by atoms with Crippen molar-refractivity contribution in [2.24, 2.45) is 0 Å². The maximum atomic E-state index is 10.1. The lowest BCUT2D eigenvalue weighted by Crippen LogP contribution is -2.49. The molecule has 1 unspecified atom stereocenters. The summed E-state index contributed by atoms with van der Waals surface area (Å²) in [5.41, 5.74) is 0.797. The smallest absolute Gasteiger partial charge is 0.113 e. The number of aliphatic hydroxyl groups excluding tert-OH is 1. The first-order chi connectivity index (χ1) is 10.3. The predicted octanol–water partition coefficient (Wildman–Crippen LogP) is 3.15. The van der Waals surface area contributed by atoms with Gasteiger partial charge in [0, 0.05) is 11.8 Å². The summed E-state index contributed by atoms with van der Waals surface area (Å²) in [7, 11) is 0. The van der Waals surface area contributed by atoms with Crippen LogP contribution in [-0.4, -0.2) is 23.5 Å². The van der Waals surface area contributed by atoms with E-state index in [0.29, 0.717) is 6.04 Å². The molecular weight excluding hydrogens is 282 g/mol. The molecule has 1 fully saturated rings. The third kappa shape index (κ3) is 3.70. The molecular formula is C17H21NO2S. The van der Waals surface area contributed by atoms with Crippen LogP contribution in [0.4, 0.5) is 0 Å². The summed E-state index contributed by atoms with van der Waals surface area (Å²) in [5.74, 6) is 2.63. The van der Waals surface area contributed by atoms with Crippen LogP contribution < -0.4 is 5.32 Å². The normalized spacial score (nSPS) is 17.6. The molecule has 1 aromatic heterocycles. The molecule has 21 heavy (non-hydrogen) atoms. The second kappa shape index (κ2) is 6.69. The highest BCUT2D eigenvalue weighted by Gasteiger charge is 2.37. The fourth-order valence-corrected chi connectivity index (χ4v) is 3.64. The van der Waals surface area contributed by atoms with E-state index in [-0.39, 0.29) is 12.1 Å². The molecule has 1 aliphatic carbocycles. The number of nitrogens with one attached hydrogen (secondary N) is 1. The van der Waals surface area contributed by atoms with Gasteiger partial charge in [0.25, 0.3) is 0 Å². The molecule has 1 heterocycles. The Labute approximate surface area is 129 Å². The number of hydrogen-bond acceptors (Lipinski definition) is 4. The van der Waals surface area contributed by atoms with E-state index in [2.05, 4.69) is 17.4 Å². The summed E-state index contributed by atoms with van der Waals surface area (Å²) in [5, 5.41) is 13.7. The van der Waals surface area contributed by atoms with E-state index < -0.39 is 0 Å². The second-order valence-corrected chi connectivity index (χ2v) is 6.58. The SMILES string of the molecule is OCC(CSCc1ccco1)(NC1CC1)c1ccccc1. The molecule has 0 saturated heterocycles. The zero-order valence-electron chi connectivity index (χ0n) is 12.0. The second-order valence-electron chi connectivity index (χ2n) is 5.60. The van der Waals surface area contributed by atoms with Gasteiger partial charge in [0.2, 0.25) is 0 Å². The van der Waals surface area contributed by atoms with Gasteiger partial charge >= 0.3 is 0 Å². The van der Waals surface area contributed by atoms with Gasteiger partial charge in [-0.2, -0.15) is 11.8 Å². The molecule has 1 aromatic carbocycles. The number of furan rings is 1.